The van der Waals surface area contributed by atoms with E-state index in [4.69, 9.17) is 4.74 Å². The third kappa shape index (κ3) is 4.10. The van der Waals surface area contributed by atoms with Crippen LogP contribution in [0.25, 0.3) is 0 Å². The lowest BCUT2D eigenvalue weighted by molar-refractivity contribution is 0.414. The minimum absolute atomic E-state index is 0.495. The Morgan fingerprint density at radius 3 is 2.95 bits per heavy atom. The summed E-state index contributed by atoms with van der Waals surface area (Å²) >= 11 is 0. The maximum atomic E-state index is 5.31. The smallest absolute Gasteiger partial charge is 0.119 e. The third-order valence-electron chi connectivity index (χ3n) is 3.74. The Kier molecular flexibility index (Phi) is 5.46. The van der Waals surface area contributed by atoms with Crippen molar-refractivity contribution in [3.8, 4) is 5.75 Å². The number of allylic oxidation sites excluding steroid dienone is 1. The van der Waals surface area contributed by atoms with Crippen molar-refractivity contribution in [2.45, 2.75) is 45.1 Å². The van der Waals surface area contributed by atoms with Gasteiger partial charge in [-0.2, -0.15) is 0 Å². The van der Waals surface area contributed by atoms with Crippen LogP contribution in [0.1, 0.15) is 38.2 Å². The molecule has 0 saturated heterocycles. The number of rotatable bonds is 7. The van der Waals surface area contributed by atoms with Gasteiger partial charge < -0.3 is 10.1 Å². The van der Waals surface area contributed by atoms with E-state index in [1.807, 2.05) is 6.07 Å². The first-order chi connectivity index (χ1) is 9.33. The van der Waals surface area contributed by atoms with Gasteiger partial charge in [-0.1, -0.05) is 30.7 Å². The molecule has 0 aromatic heterocycles. The summed E-state index contributed by atoms with van der Waals surface area (Å²) in [5, 5.41) is 3.69. The van der Waals surface area contributed by atoms with Crippen molar-refractivity contribution in [2.75, 3.05) is 13.7 Å². The summed E-state index contributed by atoms with van der Waals surface area (Å²) in [7, 11) is 1.73. The van der Waals surface area contributed by atoms with Gasteiger partial charge in [0.05, 0.1) is 7.11 Å². The average molecular weight is 259 g/mol. The van der Waals surface area contributed by atoms with Crippen molar-refractivity contribution in [2.24, 2.45) is 0 Å². The average Bonchev–Trinajstić information content (AvgIpc) is 2.97. The number of hydrogen-bond donors (Lipinski definition) is 1. The molecule has 1 aromatic rings. The van der Waals surface area contributed by atoms with Gasteiger partial charge in [0.25, 0.3) is 0 Å². The normalized spacial score (nSPS) is 16.2. The largest absolute Gasteiger partial charge is 0.497 e. The van der Waals surface area contributed by atoms with Crippen LogP contribution in [0, 0.1) is 0 Å². The zero-order valence-electron chi connectivity index (χ0n) is 12.1. The molecule has 1 aliphatic carbocycles. The molecule has 2 rings (SSSR count). The number of hydrogen-bond acceptors (Lipinski definition) is 2. The number of ether oxygens (including phenoxy) is 1. The van der Waals surface area contributed by atoms with Crippen LogP contribution in [0.5, 0.6) is 5.75 Å². The van der Waals surface area contributed by atoms with E-state index < -0.39 is 0 Å². The summed E-state index contributed by atoms with van der Waals surface area (Å²) in [6.45, 7) is 3.31. The molecule has 0 radical (unpaired) electrons. The highest BCUT2D eigenvalue weighted by Crippen LogP contribution is 2.24. The summed E-state index contributed by atoms with van der Waals surface area (Å²) in [5.74, 6) is 0.951. The molecule has 19 heavy (non-hydrogen) atoms. The molecule has 1 N–H and O–H groups in total. The van der Waals surface area contributed by atoms with E-state index in [1.165, 1.54) is 31.2 Å². The van der Waals surface area contributed by atoms with Gasteiger partial charge in [-0.15, -0.1) is 0 Å². The summed E-state index contributed by atoms with van der Waals surface area (Å²) < 4.78 is 5.31. The van der Waals surface area contributed by atoms with Crippen molar-refractivity contribution in [1.82, 2.24) is 5.32 Å². The molecule has 0 aliphatic heterocycles. The maximum absolute atomic E-state index is 5.31. The Bertz CT molecular complexity index is 425. The zero-order valence-corrected chi connectivity index (χ0v) is 12.1. The third-order valence-corrected chi connectivity index (χ3v) is 3.74. The van der Waals surface area contributed by atoms with E-state index in [0.29, 0.717) is 6.04 Å². The van der Waals surface area contributed by atoms with Gasteiger partial charge in [0.15, 0.2) is 0 Å². The van der Waals surface area contributed by atoms with Gasteiger partial charge in [-0.25, -0.2) is 0 Å². The first-order valence-corrected chi connectivity index (χ1v) is 7.38. The summed E-state index contributed by atoms with van der Waals surface area (Å²) in [6.07, 6.45) is 8.49. The van der Waals surface area contributed by atoms with Gasteiger partial charge in [0.1, 0.15) is 5.75 Å². The highest BCUT2D eigenvalue weighted by molar-refractivity contribution is 5.30. The highest BCUT2D eigenvalue weighted by atomic mass is 16.5. The molecule has 104 valence electrons. The SMILES string of the molecule is CCCNC(Cc1cccc(OC)c1)C1=CCCC1. The van der Waals surface area contributed by atoms with Crippen molar-refractivity contribution < 1.29 is 4.74 Å². The molecule has 0 spiro atoms. The maximum Gasteiger partial charge on any atom is 0.119 e. The minimum Gasteiger partial charge on any atom is -0.497 e. The standard InChI is InChI=1S/C17H25NO/c1-3-11-18-17(15-8-4-5-9-15)13-14-7-6-10-16(12-14)19-2/h6-8,10,12,17-18H,3-5,9,11,13H2,1-2H3. The van der Waals surface area contributed by atoms with E-state index in [9.17, 15) is 0 Å². The second-order valence-corrected chi connectivity index (χ2v) is 5.23. The van der Waals surface area contributed by atoms with Crippen molar-refractivity contribution >= 4 is 0 Å². The van der Waals surface area contributed by atoms with Crippen LogP contribution < -0.4 is 10.1 Å². The Hall–Kier alpha value is -1.28. The molecule has 0 saturated carbocycles. The van der Waals surface area contributed by atoms with E-state index in [0.717, 1.165) is 18.7 Å². The van der Waals surface area contributed by atoms with Gasteiger partial charge in [-0.05, 0) is 56.3 Å². The Balaban J connectivity index is 2.05. The second-order valence-electron chi connectivity index (χ2n) is 5.23. The second kappa shape index (κ2) is 7.34. The quantitative estimate of drug-likeness (QED) is 0.754. The van der Waals surface area contributed by atoms with Crippen LogP contribution in [0.15, 0.2) is 35.9 Å². The fourth-order valence-corrected chi connectivity index (χ4v) is 2.70. The molecule has 0 bridgehead atoms. The van der Waals surface area contributed by atoms with Crippen LogP contribution in [0.3, 0.4) is 0 Å². The molecule has 1 aliphatic rings. The molecular weight excluding hydrogens is 234 g/mol. The van der Waals surface area contributed by atoms with E-state index in [2.05, 4.69) is 36.5 Å². The van der Waals surface area contributed by atoms with Crippen LogP contribution in [0.4, 0.5) is 0 Å². The first kappa shape index (κ1) is 14.1. The van der Waals surface area contributed by atoms with E-state index in [1.54, 1.807) is 12.7 Å². The fraction of sp³-hybridized carbons (Fsp3) is 0.529. The summed E-state index contributed by atoms with van der Waals surface area (Å²) in [5.41, 5.74) is 2.94. The topological polar surface area (TPSA) is 21.3 Å². The Morgan fingerprint density at radius 1 is 1.37 bits per heavy atom. The Morgan fingerprint density at radius 2 is 2.26 bits per heavy atom. The molecule has 0 fully saturated rings. The number of nitrogens with one attached hydrogen (secondary N) is 1. The summed E-state index contributed by atoms with van der Waals surface area (Å²) in [6, 6.07) is 8.92. The molecule has 0 amide bonds. The van der Waals surface area contributed by atoms with Crippen molar-refractivity contribution in [3.63, 3.8) is 0 Å². The molecule has 2 heteroatoms. The van der Waals surface area contributed by atoms with Crippen LogP contribution in [-0.4, -0.2) is 19.7 Å². The first-order valence-electron chi connectivity index (χ1n) is 7.38. The molecule has 0 heterocycles. The number of methoxy groups -OCH3 is 1. The number of benzene rings is 1. The van der Waals surface area contributed by atoms with Gasteiger partial charge in [-0.3, -0.25) is 0 Å². The zero-order chi connectivity index (χ0) is 13.5. The summed E-state index contributed by atoms with van der Waals surface area (Å²) in [4.78, 5) is 0. The predicted molar refractivity (Wildman–Crippen MR) is 80.7 cm³/mol. The van der Waals surface area contributed by atoms with E-state index >= 15 is 0 Å². The van der Waals surface area contributed by atoms with Crippen molar-refractivity contribution in [1.29, 1.82) is 0 Å². The molecule has 1 unspecified atom stereocenters. The fourth-order valence-electron chi connectivity index (χ4n) is 2.70. The van der Waals surface area contributed by atoms with Crippen LogP contribution >= 0.6 is 0 Å². The lowest BCUT2D eigenvalue weighted by atomic mass is 9.98. The molecule has 1 aromatic carbocycles. The van der Waals surface area contributed by atoms with Crippen LogP contribution in [-0.2, 0) is 6.42 Å². The van der Waals surface area contributed by atoms with Crippen molar-refractivity contribution in [3.05, 3.63) is 41.5 Å². The monoisotopic (exact) mass is 259 g/mol. The van der Waals surface area contributed by atoms with Gasteiger partial charge in [0, 0.05) is 6.04 Å². The van der Waals surface area contributed by atoms with E-state index in [-0.39, 0.29) is 0 Å². The van der Waals surface area contributed by atoms with Gasteiger partial charge >= 0.3 is 0 Å². The lowest BCUT2D eigenvalue weighted by Gasteiger charge is -2.20. The van der Waals surface area contributed by atoms with Crippen LogP contribution in [0.2, 0.25) is 0 Å². The molecular formula is C17H25NO. The highest BCUT2D eigenvalue weighted by Gasteiger charge is 2.17. The molecule has 2 nitrogen and oxygen atoms in total. The lowest BCUT2D eigenvalue weighted by Crippen LogP contribution is -2.33. The van der Waals surface area contributed by atoms with Gasteiger partial charge in [0.2, 0.25) is 0 Å². The molecule has 1 atom stereocenters. The predicted octanol–water partition coefficient (Wildman–Crippen LogP) is 3.72. The minimum atomic E-state index is 0.495. The Labute approximate surface area is 116 Å².